The number of thioether (sulfide) groups is 1. The van der Waals surface area contributed by atoms with E-state index in [2.05, 4.69) is 15.6 Å². The fourth-order valence-electron chi connectivity index (χ4n) is 5.09. The van der Waals surface area contributed by atoms with E-state index >= 15 is 0 Å². The van der Waals surface area contributed by atoms with Crippen LogP contribution >= 0.6 is 11.8 Å². The van der Waals surface area contributed by atoms with Gasteiger partial charge in [0.2, 0.25) is 11.8 Å². The minimum absolute atomic E-state index is 0.0469. The van der Waals surface area contributed by atoms with E-state index in [1.165, 1.54) is 22.7 Å². The van der Waals surface area contributed by atoms with Crippen LogP contribution < -0.4 is 20.4 Å². The molecule has 0 radical (unpaired) electrons. The Labute approximate surface area is 199 Å². The third-order valence-corrected chi connectivity index (χ3v) is 7.71. The van der Waals surface area contributed by atoms with Gasteiger partial charge >= 0.3 is 6.09 Å². The number of cyclic esters (lactones) is 1. The van der Waals surface area contributed by atoms with E-state index in [9.17, 15) is 18.8 Å². The summed E-state index contributed by atoms with van der Waals surface area (Å²) in [7, 11) is 0. The molecule has 1 aromatic heterocycles. The molecule has 11 heteroatoms. The number of amides is 3. The van der Waals surface area contributed by atoms with E-state index in [0.717, 1.165) is 17.0 Å². The SMILES string of the molecule is O=C1CSc2ccc(N3C[C@@H](CCCC4CN5C(=O)CNc6ccc(F)c4c65)OC3=O)nc2N1. The molecule has 1 aromatic carbocycles. The van der Waals surface area contributed by atoms with Gasteiger partial charge in [0.25, 0.3) is 0 Å². The van der Waals surface area contributed by atoms with E-state index in [4.69, 9.17) is 4.74 Å². The molecular formula is C23H22FN5O4S. The molecule has 176 valence electrons. The second kappa shape index (κ2) is 8.15. The maximum Gasteiger partial charge on any atom is 0.415 e. The number of hydrogen-bond acceptors (Lipinski definition) is 7. The molecule has 1 fully saturated rings. The van der Waals surface area contributed by atoms with Gasteiger partial charge in [0.1, 0.15) is 23.6 Å². The van der Waals surface area contributed by atoms with Crippen molar-refractivity contribution >= 4 is 52.7 Å². The number of carbonyl (C=O) groups is 3. The van der Waals surface area contributed by atoms with E-state index in [1.54, 1.807) is 17.0 Å². The number of anilines is 4. The van der Waals surface area contributed by atoms with Gasteiger partial charge in [-0.3, -0.25) is 14.5 Å². The molecule has 5 heterocycles. The normalized spacial score (nSPS) is 22.8. The van der Waals surface area contributed by atoms with Gasteiger partial charge in [0.15, 0.2) is 0 Å². The van der Waals surface area contributed by atoms with Crippen LogP contribution in [0.4, 0.5) is 32.2 Å². The fraction of sp³-hybridized carbons (Fsp3) is 0.391. The van der Waals surface area contributed by atoms with Crippen molar-refractivity contribution in [2.75, 3.05) is 45.8 Å². The zero-order valence-corrected chi connectivity index (χ0v) is 19.0. The van der Waals surface area contributed by atoms with Gasteiger partial charge in [-0.05, 0) is 43.5 Å². The van der Waals surface area contributed by atoms with Crippen molar-refractivity contribution in [1.82, 2.24) is 4.98 Å². The first kappa shape index (κ1) is 21.2. The molecule has 3 amide bonds. The minimum Gasteiger partial charge on any atom is -0.444 e. The third kappa shape index (κ3) is 3.54. The fourth-order valence-corrected chi connectivity index (χ4v) is 5.85. The summed E-state index contributed by atoms with van der Waals surface area (Å²) in [5.74, 6) is 0.707. The summed E-state index contributed by atoms with van der Waals surface area (Å²) in [6.45, 7) is 1.06. The van der Waals surface area contributed by atoms with Gasteiger partial charge in [0.05, 0.1) is 35.1 Å². The van der Waals surface area contributed by atoms with Crippen LogP contribution in [-0.2, 0) is 14.3 Å². The summed E-state index contributed by atoms with van der Waals surface area (Å²) in [6.07, 6.45) is 1.26. The summed E-state index contributed by atoms with van der Waals surface area (Å²) in [5.41, 5.74) is 2.07. The predicted octanol–water partition coefficient (Wildman–Crippen LogP) is 3.32. The highest BCUT2D eigenvalue weighted by Gasteiger charge is 2.39. The van der Waals surface area contributed by atoms with E-state index in [-0.39, 0.29) is 36.2 Å². The highest BCUT2D eigenvalue weighted by Crippen LogP contribution is 2.46. The van der Waals surface area contributed by atoms with Gasteiger partial charge < -0.3 is 20.3 Å². The summed E-state index contributed by atoms with van der Waals surface area (Å²) < 4.78 is 20.2. The lowest BCUT2D eigenvalue weighted by atomic mass is 9.93. The highest BCUT2D eigenvalue weighted by atomic mass is 32.2. The number of rotatable bonds is 5. The van der Waals surface area contributed by atoms with E-state index in [0.29, 0.717) is 54.6 Å². The molecular weight excluding hydrogens is 461 g/mol. The molecule has 0 aliphatic carbocycles. The number of pyridine rings is 1. The molecule has 0 bridgehead atoms. The Bertz CT molecular complexity index is 1220. The van der Waals surface area contributed by atoms with Gasteiger partial charge in [-0.2, -0.15) is 0 Å². The molecule has 2 N–H and O–H groups in total. The largest absolute Gasteiger partial charge is 0.444 e. The number of nitrogens with one attached hydrogen (secondary N) is 2. The van der Waals surface area contributed by atoms with Gasteiger partial charge in [-0.15, -0.1) is 11.8 Å². The number of nitrogens with zero attached hydrogens (tertiary/aromatic N) is 3. The smallest absolute Gasteiger partial charge is 0.415 e. The number of benzene rings is 1. The monoisotopic (exact) mass is 483 g/mol. The van der Waals surface area contributed by atoms with Crippen molar-refractivity contribution < 1.29 is 23.5 Å². The molecule has 2 atom stereocenters. The minimum atomic E-state index is -0.470. The lowest BCUT2D eigenvalue weighted by molar-refractivity contribution is -0.117. The Morgan fingerprint density at radius 3 is 2.88 bits per heavy atom. The van der Waals surface area contributed by atoms with E-state index < -0.39 is 6.09 Å². The van der Waals surface area contributed by atoms with Crippen LogP contribution in [0, 0.1) is 5.82 Å². The second-order valence-corrected chi connectivity index (χ2v) is 9.83. The number of fused-ring (bicyclic) bond motifs is 1. The first-order valence-electron chi connectivity index (χ1n) is 11.3. The zero-order chi connectivity index (χ0) is 23.4. The summed E-state index contributed by atoms with van der Waals surface area (Å²) in [6, 6.07) is 6.74. The maximum atomic E-state index is 14.7. The molecule has 6 rings (SSSR count). The van der Waals surface area contributed by atoms with Crippen LogP contribution in [0.15, 0.2) is 29.2 Å². The highest BCUT2D eigenvalue weighted by molar-refractivity contribution is 8.00. The Kier molecular flexibility index (Phi) is 5.09. The lowest BCUT2D eigenvalue weighted by Gasteiger charge is -2.26. The third-order valence-electron chi connectivity index (χ3n) is 6.67. The number of hydrogen-bond donors (Lipinski definition) is 2. The van der Waals surface area contributed by atoms with Crippen molar-refractivity contribution in [3.8, 4) is 0 Å². The van der Waals surface area contributed by atoms with Crippen LogP contribution in [0.25, 0.3) is 0 Å². The Hall–Kier alpha value is -3.34. The Balaban J connectivity index is 1.10. The Morgan fingerprint density at radius 2 is 2.00 bits per heavy atom. The number of halogens is 1. The molecule has 34 heavy (non-hydrogen) atoms. The van der Waals surface area contributed by atoms with Crippen LogP contribution in [0.3, 0.4) is 0 Å². The van der Waals surface area contributed by atoms with Crippen molar-refractivity contribution in [3.05, 3.63) is 35.6 Å². The van der Waals surface area contributed by atoms with Gasteiger partial charge in [0, 0.05) is 18.0 Å². The number of carbonyl (C=O) groups excluding carboxylic acids is 3. The predicted molar refractivity (Wildman–Crippen MR) is 125 cm³/mol. The molecule has 1 unspecified atom stereocenters. The quantitative estimate of drug-likeness (QED) is 0.672. The maximum absolute atomic E-state index is 14.7. The van der Waals surface area contributed by atoms with Gasteiger partial charge in [-0.1, -0.05) is 0 Å². The first-order valence-corrected chi connectivity index (χ1v) is 12.2. The van der Waals surface area contributed by atoms with Crippen molar-refractivity contribution in [1.29, 1.82) is 0 Å². The van der Waals surface area contributed by atoms with Crippen LogP contribution in [0.2, 0.25) is 0 Å². The topological polar surface area (TPSA) is 104 Å². The number of aromatic nitrogens is 1. The second-order valence-electron chi connectivity index (χ2n) is 8.81. The standard InChI is InChI=1S/C23H22FN5O4S/c24-14-4-5-15-21-20(14)12(9-29(21)19(31)8-25-15)2-1-3-13-10-28(23(32)33-13)17-7-6-16-22(26-17)27-18(30)11-34-16/h4-7,12-13,25H,1-3,8-11H2,(H,26,27,30)/t12?,13-/m1/s1. The summed E-state index contributed by atoms with van der Waals surface area (Å²) >= 11 is 1.41. The molecule has 0 spiro atoms. The van der Waals surface area contributed by atoms with Crippen LogP contribution in [0.5, 0.6) is 0 Å². The molecule has 4 aliphatic heterocycles. The first-order chi connectivity index (χ1) is 16.5. The molecule has 9 nitrogen and oxygen atoms in total. The summed E-state index contributed by atoms with van der Waals surface area (Å²) in [5, 5.41) is 5.80. The zero-order valence-electron chi connectivity index (χ0n) is 18.2. The average Bonchev–Trinajstić information content (AvgIpc) is 3.39. The van der Waals surface area contributed by atoms with Gasteiger partial charge in [-0.25, -0.2) is 14.2 Å². The lowest BCUT2D eigenvalue weighted by Crippen LogP contribution is -2.38. The summed E-state index contributed by atoms with van der Waals surface area (Å²) in [4.78, 5) is 44.9. The molecule has 0 saturated carbocycles. The molecule has 4 aliphatic rings. The molecule has 2 aromatic rings. The van der Waals surface area contributed by atoms with Crippen molar-refractivity contribution in [3.63, 3.8) is 0 Å². The van der Waals surface area contributed by atoms with Crippen molar-refractivity contribution in [2.45, 2.75) is 36.2 Å². The Morgan fingerprint density at radius 1 is 1.12 bits per heavy atom. The number of ether oxygens (including phenoxy) is 1. The molecule has 1 saturated heterocycles. The van der Waals surface area contributed by atoms with Crippen LogP contribution in [0.1, 0.15) is 30.7 Å². The average molecular weight is 484 g/mol. The van der Waals surface area contributed by atoms with E-state index in [1.807, 2.05) is 6.07 Å². The van der Waals surface area contributed by atoms with Crippen molar-refractivity contribution in [2.24, 2.45) is 0 Å². The van der Waals surface area contributed by atoms with Crippen LogP contribution in [-0.4, -0.2) is 54.4 Å².